The largest absolute Gasteiger partial charge is 0.121 e. The molecule has 0 aliphatic heterocycles. The van der Waals surface area contributed by atoms with Crippen LogP contribution in [0.1, 0.15) is 85.0 Å². The SMILES string of the molecule is CCC(CCCC(C)C)C1=C=CCCCCCCC=C1. The third-order valence-corrected chi connectivity index (χ3v) is 4.30. The van der Waals surface area contributed by atoms with E-state index in [1.54, 1.807) is 0 Å². The van der Waals surface area contributed by atoms with Gasteiger partial charge in [-0.1, -0.05) is 58.6 Å². The van der Waals surface area contributed by atoms with E-state index in [-0.39, 0.29) is 0 Å². The number of allylic oxidation sites excluding steroid dienone is 3. The molecule has 0 amide bonds. The minimum absolute atomic E-state index is 0.710. The predicted molar refractivity (Wildman–Crippen MR) is 90.9 cm³/mol. The molecule has 1 aliphatic rings. The molecule has 1 unspecified atom stereocenters. The van der Waals surface area contributed by atoms with Gasteiger partial charge in [-0.3, -0.25) is 0 Å². The quantitative estimate of drug-likeness (QED) is 0.466. The van der Waals surface area contributed by atoms with Gasteiger partial charge in [-0.2, -0.15) is 0 Å². The van der Waals surface area contributed by atoms with Gasteiger partial charge < -0.3 is 0 Å². The zero-order chi connectivity index (χ0) is 14.6. The molecule has 0 spiro atoms. The predicted octanol–water partition coefficient (Wildman–Crippen LogP) is 6.83. The molecule has 1 rings (SSSR count). The molecule has 0 aromatic rings. The molecule has 0 nitrogen and oxygen atoms in total. The van der Waals surface area contributed by atoms with Crippen LogP contribution in [0.4, 0.5) is 0 Å². The summed E-state index contributed by atoms with van der Waals surface area (Å²) in [6.07, 6.45) is 20.2. The Morgan fingerprint density at radius 2 is 1.80 bits per heavy atom. The lowest BCUT2D eigenvalue weighted by Gasteiger charge is -2.15. The molecule has 0 radical (unpaired) electrons. The molecule has 1 aliphatic carbocycles. The lowest BCUT2D eigenvalue weighted by atomic mass is 9.89. The first-order valence-electron chi connectivity index (χ1n) is 8.85. The number of rotatable bonds is 6. The van der Waals surface area contributed by atoms with Gasteiger partial charge in [-0.05, 0) is 62.0 Å². The fraction of sp³-hybridized carbons (Fsp3) is 0.750. The zero-order valence-corrected chi connectivity index (χ0v) is 14.0. The summed E-state index contributed by atoms with van der Waals surface area (Å²) in [6, 6.07) is 0. The molecule has 0 bridgehead atoms. The smallest absolute Gasteiger partial charge is 0.00360 e. The van der Waals surface area contributed by atoms with Crippen molar-refractivity contribution in [1.82, 2.24) is 0 Å². The van der Waals surface area contributed by atoms with Crippen molar-refractivity contribution in [3.8, 4) is 0 Å². The average Bonchev–Trinajstić information content (AvgIpc) is 2.49. The minimum Gasteiger partial charge on any atom is -0.121 e. The lowest BCUT2D eigenvalue weighted by Crippen LogP contribution is -2.02. The van der Waals surface area contributed by atoms with E-state index < -0.39 is 0 Å². The van der Waals surface area contributed by atoms with Gasteiger partial charge in [0, 0.05) is 0 Å². The van der Waals surface area contributed by atoms with Crippen molar-refractivity contribution in [3.05, 3.63) is 29.5 Å². The molecule has 0 heteroatoms. The molecule has 0 aromatic heterocycles. The Bertz CT molecular complexity index is 326. The number of hydrogen-bond donors (Lipinski definition) is 0. The van der Waals surface area contributed by atoms with Crippen molar-refractivity contribution in [2.75, 3.05) is 0 Å². The van der Waals surface area contributed by atoms with Gasteiger partial charge in [-0.15, -0.1) is 5.73 Å². The van der Waals surface area contributed by atoms with Crippen molar-refractivity contribution in [2.45, 2.75) is 85.0 Å². The van der Waals surface area contributed by atoms with E-state index in [0.717, 1.165) is 5.92 Å². The summed E-state index contributed by atoms with van der Waals surface area (Å²) in [5, 5.41) is 0. The summed E-state index contributed by atoms with van der Waals surface area (Å²) in [5.74, 6) is 1.54. The van der Waals surface area contributed by atoms with E-state index >= 15 is 0 Å². The molecule has 114 valence electrons. The zero-order valence-electron chi connectivity index (χ0n) is 14.0. The summed E-state index contributed by atoms with van der Waals surface area (Å²) < 4.78 is 0. The summed E-state index contributed by atoms with van der Waals surface area (Å²) in [6.45, 7) is 6.98. The second-order valence-corrected chi connectivity index (χ2v) is 6.63. The maximum Gasteiger partial charge on any atom is -0.00360 e. The minimum atomic E-state index is 0.710. The highest BCUT2D eigenvalue weighted by Crippen LogP contribution is 2.24. The van der Waals surface area contributed by atoms with Crippen LogP contribution in [-0.4, -0.2) is 0 Å². The highest BCUT2D eigenvalue weighted by Gasteiger charge is 2.10. The van der Waals surface area contributed by atoms with E-state index in [1.165, 1.54) is 69.8 Å². The van der Waals surface area contributed by atoms with Gasteiger partial charge in [0.2, 0.25) is 0 Å². The van der Waals surface area contributed by atoms with Crippen molar-refractivity contribution in [2.24, 2.45) is 11.8 Å². The molecule has 0 saturated carbocycles. The van der Waals surface area contributed by atoms with E-state index in [1.807, 2.05) is 0 Å². The summed E-state index contributed by atoms with van der Waals surface area (Å²) in [4.78, 5) is 0. The molecular weight excluding hydrogens is 240 g/mol. The number of hydrogen-bond acceptors (Lipinski definition) is 0. The Labute approximate surface area is 127 Å². The Morgan fingerprint density at radius 3 is 2.50 bits per heavy atom. The molecule has 20 heavy (non-hydrogen) atoms. The first-order chi connectivity index (χ1) is 9.74. The molecule has 0 aromatic carbocycles. The molecule has 0 heterocycles. The second kappa shape index (κ2) is 11.0. The lowest BCUT2D eigenvalue weighted by molar-refractivity contribution is 0.469. The third-order valence-electron chi connectivity index (χ3n) is 4.30. The fourth-order valence-corrected chi connectivity index (χ4v) is 2.92. The maximum absolute atomic E-state index is 3.61. The van der Waals surface area contributed by atoms with E-state index in [4.69, 9.17) is 0 Å². The van der Waals surface area contributed by atoms with Crippen LogP contribution in [0.15, 0.2) is 29.5 Å². The molecule has 0 fully saturated rings. The summed E-state index contributed by atoms with van der Waals surface area (Å²) in [5.41, 5.74) is 5.07. The molecular formula is C20H34. The van der Waals surface area contributed by atoms with Crippen LogP contribution in [0.5, 0.6) is 0 Å². The van der Waals surface area contributed by atoms with E-state index in [2.05, 4.69) is 44.7 Å². The van der Waals surface area contributed by atoms with Crippen molar-refractivity contribution >= 4 is 0 Å². The first kappa shape index (κ1) is 17.3. The molecule has 0 saturated heterocycles. The van der Waals surface area contributed by atoms with Crippen LogP contribution >= 0.6 is 0 Å². The van der Waals surface area contributed by atoms with Crippen LogP contribution in [0.25, 0.3) is 0 Å². The maximum atomic E-state index is 3.61. The Balaban J connectivity index is 2.65. The summed E-state index contributed by atoms with van der Waals surface area (Å²) in [7, 11) is 0. The van der Waals surface area contributed by atoms with Gasteiger partial charge in [-0.25, -0.2) is 0 Å². The van der Waals surface area contributed by atoms with Crippen LogP contribution in [0, 0.1) is 11.8 Å². The van der Waals surface area contributed by atoms with Gasteiger partial charge in [0.15, 0.2) is 0 Å². The Hall–Kier alpha value is -0.740. The van der Waals surface area contributed by atoms with Crippen molar-refractivity contribution < 1.29 is 0 Å². The standard InChI is InChI=1S/C20H34/c1-4-19(17-13-14-18(2)3)20-15-11-9-7-5-6-8-10-12-16-20/h11-12,15,18-19H,4-10,13-14,17H2,1-3H3. The monoisotopic (exact) mass is 274 g/mol. The van der Waals surface area contributed by atoms with Gasteiger partial charge in [0.25, 0.3) is 0 Å². The van der Waals surface area contributed by atoms with E-state index in [9.17, 15) is 0 Å². The Morgan fingerprint density at radius 1 is 1.05 bits per heavy atom. The Kier molecular flexibility index (Phi) is 9.50. The topological polar surface area (TPSA) is 0 Å². The van der Waals surface area contributed by atoms with Crippen LogP contribution in [-0.2, 0) is 0 Å². The van der Waals surface area contributed by atoms with Gasteiger partial charge in [0.1, 0.15) is 0 Å². The third kappa shape index (κ3) is 7.75. The van der Waals surface area contributed by atoms with Crippen LogP contribution in [0.3, 0.4) is 0 Å². The van der Waals surface area contributed by atoms with Crippen molar-refractivity contribution in [3.63, 3.8) is 0 Å². The second-order valence-electron chi connectivity index (χ2n) is 6.63. The van der Waals surface area contributed by atoms with Crippen LogP contribution in [0.2, 0.25) is 0 Å². The highest BCUT2D eigenvalue weighted by molar-refractivity contribution is 5.21. The fourth-order valence-electron chi connectivity index (χ4n) is 2.92. The highest BCUT2D eigenvalue weighted by atomic mass is 14.1. The molecule has 1 atom stereocenters. The average molecular weight is 274 g/mol. The van der Waals surface area contributed by atoms with Crippen molar-refractivity contribution in [1.29, 1.82) is 0 Å². The normalized spacial score (nSPS) is 18.7. The summed E-state index contributed by atoms with van der Waals surface area (Å²) >= 11 is 0. The van der Waals surface area contributed by atoms with E-state index in [0.29, 0.717) is 5.92 Å². The van der Waals surface area contributed by atoms with Gasteiger partial charge >= 0.3 is 0 Å². The molecule has 0 N–H and O–H groups in total. The first-order valence-corrected chi connectivity index (χ1v) is 8.85. The van der Waals surface area contributed by atoms with Gasteiger partial charge in [0.05, 0.1) is 0 Å². The van der Waals surface area contributed by atoms with Crippen LogP contribution < -0.4 is 0 Å².